The van der Waals surface area contributed by atoms with Crippen LogP contribution in [0.4, 0.5) is 4.39 Å². The lowest BCUT2D eigenvalue weighted by Crippen LogP contribution is -2.05. The number of halogens is 2. The molecule has 1 fully saturated rings. The summed E-state index contributed by atoms with van der Waals surface area (Å²) in [5.41, 5.74) is 3.09. The van der Waals surface area contributed by atoms with E-state index in [9.17, 15) is 4.39 Å². The minimum absolute atomic E-state index is 0.0863. The molecule has 1 aromatic carbocycles. The molecule has 0 radical (unpaired) electrons. The van der Waals surface area contributed by atoms with Crippen molar-refractivity contribution in [3.05, 3.63) is 35.1 Å². The second-order valence-electron chi connectivity index (χ2n) is 4.51. The predicted octanol–water partition coefficient (Wildman–Crippen LogP) is 3.42. The molecule has 1 aromatic rings. The van der Waals surface area contributed by atoms with Crippen molar-refractivity contribution < 1.29 is 4.39 Å². The number of alkyl halides is 1. The van der Waals surface area contributed by atoms with Crippen LogP contribution in [-0.4, -0.2) is 5.33 Å². The van der Waals surface area contributed by atoms with Gasteiger partial charge in [-0.3, -0.25) is 0 Å². The molecule has 74 valence electrons. The van der Waals surface area contributed by atoms with Gasteiger partial charge in [0.25, 0.3) is 0 Å². The van der Waals surface area contributed by atoms with E-state index in [1.807, 2.05) is 6.07 Å². The van der Waals surface area contributed by atoms with Crippen LogP contribution in [0.25, 0.3) is 0 Å². The van der Waals surface area contributed by atoms with Crippen LogP contribution in [-0.2, 0) is 11.8 Å². The Balaban J connectivity index is 2.04. The molecule has 2 aliphatic carbocycles. The van der Waals surface area contributed by atoms with Gasteiger partial charge in [0.1, 0.15) is 5.82 Å². The largest absolute Gasteiger partial charge is 0.207 e. The first-order valence-electron chi connectivity index (χ1n) is 5.11. The second kappa shape index (κ2) is 2.82. The Morgan fingerprint density at radius 3 is 3.07 bits per heavy atom. The molecule has 1 spiro atoms. The number of aryl methyl sites for hydroxylation is 1. The number of fused-ring (bicyclic) bond motifs is 2. The molecule has 0 nitrogen and oxygen atoms in total. The first-order valence-corrected chi connectivity index (χ1v) is 6.23. The quantitative estimate of drug-likeness (QED) is 0.674. The van der Waals surface area contributed by atoms with Gasteiger partial charge in [-0.1, -0.05) is 22.0 Å². The number of hydrogen-bond donors (Lipinski definition) is 0. The van der Waals surface area contributed by atoms with Crippen LogP contribution in [0.2, 0.25) is 0 Å². The molecule has 2 heteroatoms. The first kappa shape index (κ1) is 8.90. The van der Waals surface area contributed by atoms with E-state index in [1.165, 1.54) is 24.0 Å². The second-order valence-corrected chi connectivity index (χ2v) is 5.16. The van der Waals surface area contributed by atoms with Gasteiger partial charge in [-0.25, -0.2) is 4.39 Å². The molecular formula is C12H12BrF. The third kappa shape index (κ3) is 1.04. The van der Waals surface area contributed by atoms with Crippen LogP contribution in [0, 0.1) is 11.7 Å². The van der Waals surface area contributed by atoms with Gasteiger partial charge in [0.15, 0.2) is 0 Å². The molecule has 2 unspecified atom stereocenters. The fraction of sp³-hybridized carbons (Fsp3) is 0.500. The predicted molar refractivity (Wildman–Crippen MR) is 58.3 cm³/mol. The van der Waals surface area contributed by atoms with E-state index >= 15 is 0 Å². The van der Waals surface area contributed by atoms with Crippen molar-refractivity contribution in [3.8, 4) is 0 Å². The Bertz CT molecular complexity index is 388. The normalized spacial score (nSPS) is 33.4. The molecule has 2 aliphatic rings. The van der Waals surface area contributed by atoms with Gasteiger partial charge in [0, 0.05) is 5.33 Å². The van der Waals surface area contributed by atoms with Gasteiger partial charge >= 0.3 is 0 Å². The Morgan fingerprint density at radius 2 is 2.36 bits per heavy atom. The third-order valence-corrected chi connectivity index (χ3v) is 4.64. The summed E-state index contributed by atoms with van der Waals surface area (Å²) >= 11 is 3.55. The molecule has 0 heterocycles. The lowest BCUT2D eigenvalue weighted by atomic mass is 9.96. The average Bonchev–Trinajstić information content (AvgIpc) is 2.78. The number of benzene rings is 1. The van der Waals surface area contributed by atoms with E-state index in [-0.39, 0.29) is 5.82 Å². The zero-order valence-electron chi connectivity index (χ0n) is 7.89. The highest BCUT2D eigenvalue weighted by Gasteiger charge is 2.56. The lowest BCUT2D eigenvalue weighted by Gasteiger charge is -2.09. The SMILES string of the molecule is Fc1ccc2c(c1)CCC21CC1CBr. The lowest BCUT2D eigenvalue weighted by molar-refractivity contribution is 0.622. The molecule has 0 aromatic heterocycles. The summed E-state index contributed by atoms with van der Waals surface area (Å²) in [5, 5.41) is 1.09. The van der Waals surface area contributed by atoms with Gasteiger partial charge < -0.3 is 0 Å². The summed E-state index contributed by atoms with van der Waals surface area (Å²) in [6.45, 7) is 0. The Kier molecular flexibility index (Phi) is 1.79. The van der Waals surface area contributed by atoms with Crippen molar-refractivity contribution in [2.45, 2.75) is 24.7 Å². The van der Waals surface area contributed by atoms with Crippen LogP contribution in [0.5, 0.6) is 0 Å². The van der Waals surface area contributed by atoms with Gasteiger partial charge in [0.05, 0.1) is 0 Å². The number of rotatable bonds is 1. The van der Waals surface area contributed by atoms with Crippen LogP contribution in [0.15, 0.2) is 18.2 Å². The molecule has 0 saturated heterocycles. The molecular weight excluding hydrogens is 243 g/mol. The summed E-state index contributed by atoms with van der Waals surface area (Å²) in [5.74, 6) is 0.700. The molecule has 2 atom stereocenters. The van der Waals surface area contributed by atoms with E-state index in [0.29, 0.717) is 5.41 Å². The van der Waals surface area contributed by atoms with Crippen LogP contribution >= 0.6 is 15.9 Å². The zero-order valence-corrected chi connectivity index (χ0v) is 9.48. The maximum atomic E-state index is 13.0. The van der Waals surface area contributed by atoms with Gasteiger partial charge in [-0.05, 0) is 53.9 Å². The smallest absolute Gasteiger partial charge is 0.123 e. The summed E-state index contributed by atoms with van der Waals surface area (Å²) in [7, 11) is 0. The van der Waals surface area contributed by atoms with E-state index in [1.54, 1.807) is 12.1 Å². The summed E-state index contributed by atoms with van der Waals surface area (Å²) in [6.07, 6.45) is 3.58. The summed E-state index contributed by atoms with van der Waals surface area (Å²) in [6, 6.07) is 5.32. The highest BCUT2D eigenvalue weighted by atomic mass is 79.9. The van der Waals surface area contributed by atoms with Crippen LogP contribution in [0.3, 0.4) is 0 Å². The van der Waals surface area contributed by atoms with E-state index in [0.717, 1.165) is 17.7 Å². The van der Waals surface area contributed by atoms with Crippen molar-refractivity contribution in [1.29, 1.82) is 0 Å². The number of hydrogen-bond acceptors (Lipinski definition) is 0. The molecule has 0 aliphatic heterocycles. The molecule has 1 saturated carbocycles. The van der Waals surface area contributed by atoms with Crippen molar-refractivity contribution in [3.63, 3.8) is 0 Å². The molecule has 3 rings (SSSR count). The van der Waals surface area contributed by atoms with Crippen molar-refractivity contribution >= 4 is 15.9 Å². The zero-order chi connectivity index (χ0) is 9.76. The first-order chi connectivity index (χ1) is 6.76. The molecule has 0 N–H and O–H groups in total. The van der Waals surface area contributed by atoms with Crippen molar-refractivity contribution in [2.24, 2.45) is 5.92 Å². The maximum Gasteiger partial charge on any atom is 0.123 e. The van der Waals surface area contributed by atoms with Gasteiger partial charge in [-0.2, -0.15) is 0 Å². The van der Waals surface area contributed by atoms with Gasteiger partial charge in [-0.15, -0.1) is 0 Å². The Morgan fingerprint density at radius 1 is 1.50 bits per heavy atom. The van der Waals surface area contributed by atoms with E-state index in [2.05, 4.69) is 15.9 Å². The standard InChI is InChI=1S/C12H12BrF/c13-7-9-6-12(9)4-3-8-5-10(14)1-2-11(8)12/h1-2,5,9H,3-4,6-7H2. The minimum Gasteiger partial charge on any atom is -0.207 e. The summed E-state index contributed by atoms with van der Waals surface area (Å²) in [4.78, 5) is 0. The van der Waals surface area contributed by atoms with Crippen molar-refractivity contribution in [1.82, 2.24) is 0 Å². The molecule has 0 amide bonds. The van der Waals surface area contributed by atoms with E-state index < -0.39 is 0 Å². The topological polar surface area (TPSA) is 0 Å². The Hall–Kier alpha value is -0.370. The fourth-order valence-corrected chi connectivity index (χ4v) is 3.81. The Labute approximate surface area is 91.6 Å². The van der Waals surface area contributed by atoms with Crippen LogP contribution < -0.4 is 0 Å². The highest BCUT2D eigenvalue weighted by molar-refractivity contribution is 9.09. The monoisotopic (exact) mass is 254 g/mol. The highest BCUT2D eigenvalue weighted by Crippen LogP contribution is 2.61. The summed E-state index contributed by atoms with van der Waals surface area (Å²) < 4.78 is 13.0. The minimum atomic E-state index is -0.0863. The van der Waals surface area contributed by atoms with Gasteiger partial charge in [0.2, 0.25) is 0 Å². The maximum absolute atomic E-state index is 13.0. The molecule has 14 heavy (non-hydrogen) atoms. The van der Waals surface area contributed by atoms with Crippen LogP contribution in [0.1, 0.15) is 24.0 Å². The molecule has 0 bridgehead atoms. The average molecular weight is 255 g/mol. The van der Waals surface area contributed by atoms with Crippen molar-refractivity contribution in [2.75, 3.05) is 5.33 Å². The fourth-order valence-electron chi connectivity index (χ4n) is 2.97. The third-order valence-electron chi connectivity index (χ3n) is 3.86. The van der Waals surface area contributed by atoms with E-state index in [4.69, 9.17) is 0 Å².